The minimum atomic E-state index is -3.18. The largest absolute Gasteiger partial charge is 0.316 e. The lowest BCUT2D eigenvalue weighted by Crippen LogP contribution is -2.33. The number of hydrogen-bond donors (Lipinski definition) is 2. The standard InChI is InChI=1S/C10H18N2O2S2/c1-3-11-6-8-16(13,14)12-9(2)10-5-4-7-15-10/h4-5,7,9,11-12H,3,6,8H2,1-2H3. The average Bonchev–Trinajstić information content (AvgIpc) is 2.69. The molecule has 4 nitrogen and oxygen atoms in total. The van der Waals surface area contributed by atoms with Gasteiger partial charge in [-0.05, 0) is 24.9 Å². The normalized spacial score (nSPS) is 13.9. The first-order valence-corrected chi connectivity index (χ1v) is 7.82. The smallest absolute Gasteiger partial charge is 0.213 e. The van der Waals surface area contributed by atoms with Gasteiger partial charge in [0, 0.05) is 11.4 Å². The van der Waals surface area contributed by atoms with Crippen LogP contribution in [0.5, 0.6) is 0 Å². The molecule has 6 heteroatoms. The fraction of sp³-hybridized carbons (Fsp3) is 0.600. The van der Waals surface area contributed by atoms with Crippen LogP contribution in [-0.4, -0.2) is 27.3 Å². The van der Waals surface area contributed by atoms with Gasteiger partial charge in [-0.15, -0.1) is 11.3 Å². The van der Waals surface area contributed by atoms with Gasteiger partial charge < -0.3 is 5.32 Å². The SMILES string of the molecule is CCNCCS(=O)(=O)NC(C)c1cccs1. The highest BCUT2D eigenvalue weighted by Gasteiger charge is 2.15. The molecule has 0 aliphatic heterocycles. The lowest BCUT2D eigenvalue weighted by atomic mass is 10.3. The van der Waals surface area contributed by atoms with Crippen LogP contribution in [0.2, 0.25) is 0 Å². The van der Waals surface area contributed by atoms with Gasteiger partial charge in [-0.3, -0.25) is 0 Å². The molecule has 0 aliphatic rings. The van der Waals surface area contributed by atoms with Crippen LogP contribution in [0.1, 0.15) is 24.8 Å². The van der Waals surface area contributed by atoms with E-state index in [1.807, 2.05) is 31.4 Å². The van der Waals surface area contributed by atoms with Crippen LogP contribution in [0, 0.1) is 0 Å². The van der Waals surface area contributed by atoms with E-state index < -0.39 is 10.0 Å². The summed E-state index contributed by atoms with van der Waals surface area (Å²) in [6.07, 6.45) is 0. The zero-order valence-electron chi connectivity index (χ0n) is 9.56. The second kappa shape index (κ2) is 6.34. The van der Waals surface area contributed by atoms with Gasteiger partial charge in [0.25, 0.3) is 0 Å². The molecule has 0 spiro atoms. The van der Waals surface area contributed by atoms with E-state index >= 15 is 0 Å². The molecular weight excluding hydrogens is 244 g/mol. The maximum atomic E-state index is 11.7. The van der Waals surface area contributed by atoms with Crippen molar-refractivity contribution < 1.29 is 8.42 Å². The van der Waals surface area contributed by atoms with E-state index in [2.05, 4.69) is 10.0 Å². The first-order chi connectivity index (χ1) is 7.55. The summed E-state index contributed by atoms with van der Waals surface area (Å²) in [4.78, 5) is 1.03. The van der Waals surface area contributed by atoms with Crippen LogP contribution in [0.4, 0.5) is 0 Å². The predicted molar refractivity (Wildman–Crippen MR) is 68.2 cm³/mol. The van der Waals surface area contributed by atoms with E-state index in [0.717, 1.165) is 11.4 Å². The summed E-state index contributed by atoms with van der Waals surface area (Å²) in [5.41, 5.74) is 0. The average molecular weight is 262 g/mol. The summed E-state index contributed by atoms with van der Waals surface area (Å²) >= 11 is 1.56. The Morgan fingerprint density at radius 2 is 2.25 bits per heavy atom. The molecule has 0 aromatic carbocycles. The maximum Gasteiger partial charge on any atom is 0.213 e. The zero-order chi connectivity index (χ0) is 12.0. The topological polar surface area (TPSA) is 58.2 Å². The fourth-order valence-electron chi connectivity index (χ4n) is 1.31. The molecule has 0 amide bonds. The summed E-state index contributed by atoms with van der Waals surface area (Å²) in [6, 6.07) is 3.71. The van der Waals surface area contributed by atoms with Crippen LogP contribution in [0.15, 0.2) is 17.5 Å². The van der Waals surface area contributed by atoms with Crippen LogP contribution in [-0.2, 0) is 10.0 Å². The highest BCUT2D eigenvalue weighted by Crippen LogP contribution is 2.18. The van der Waals surface area contributed by atoms with Crippen LogP contribution < -0.4 is 10.0 Å². The van der Waals surface area contributed by atoms with Crippen LogP contribution >= 0.6 is 11.3 Å². The molecule has 0 aliphatic carbocycles. The molecule has 92 valence electrons. The molecule has 1 aromatic rings. The molecule has 1 unspecified atom stereocenters. The molecule has 16 heavy (non-hydrogen) atoms. The van der Waals surface area contributed by atoms with Gasteiger partial charge in [0.1, 0.15) is 0 Å². The predicted octanol–water partition coefficient (Wildman–Crippen LogP) is 1.34. The Morgan fingerprint density at radius 1 is 1.50 bits per heavy atom. The third-order valence-electron chi connectivity index (χ3n) is 2.12. The van der Waals surface area contributed by atoms with Crippen molar-refractivity contribution in [1.82, 2.24) is 10.0 Å². The van der Waals surface area contributed by atoms with E-state index in [1.54, 1.807) is 11.3 Å². The Balaban J connectivity index is 2.46. The van der Waals surface area contributed by atoms with Crippen LogP contribution in [0.3, 0.4) is 0 Å². The molecule has 2 N–H and O–H groups in total. The Bertz CT molecular complexity index is 387. The van der Waals surface area contributed by atoms with E-state index in [4.69, 9.17) is 0 Å². The van der Waals surface area contributed by atoms with Gasteiger partial charge in [0.15, 0.2) is 0 Å². The van der Waals surface area contributed by atoms with E-state index in [-0.39, 0.29) is 11.8 Å². The minimum absolute atomic E-state index is 0.122. The molecule has 0 saturated heterocycles. The quantitative estimate of drug-likeness (QED) is 0.729. The van der Waals surface area contributed by atoms with Crippen LogP contribution in [0.25, 0.3) is 0 Å². The highest BCUT2D eigenvalue weighted by molar-refractivity contribution is 7.89. The van der Waals surface area contributed by atoms with Gasteiger partial charge in [0.2, 0.25) is 10.0 Å². The fourth-order valence-corrected chi connectivity index (χ4v) is 3.31. The number of rotatable bonds is 7. The van der Waals surface area contributed by atoms with E-state index in [0.29, 0.717) is 6.54 Å². The molecule has 0 fully saturated rings. The van der Waals surface area contributed by atoms with Crippen molar-refractivity contribution in [1.29, 1.82) is 0 Å². The number of thiophene rings is 1. The van der Waals surface area contributed by atoms with E-state index in [9.17, 15) is 8.42 Å². The summed E-state index contributed by atoms with van der Waals surface area (Å²) in [6.45, 7) is 5.09. The summed E-state index contributed by atoms with van der Waals surface area (Å²) in [7, 11) is -3.18. The molecule has 1 atom stereocenters. The lowest BCUT2D eigenvalue weighted by molar-refractivity contribution is 0.565. The van der Waals surface area contributed by atoms with Gasteiger partial charge in [0.05, 0.1) is 11.8 Å². The van der Waals surface area contributed by atoms with Gasteiger partial charge in [-0.25, -0.2) is 13.1 Å². The van der Waals surface area contributed by atoms with Gasteiger partial charge >= 0.3 is 0 Å². The second-order valence-corrected chi connectivity index (χ2v) is 6.38. The first-order valence-electron chi connectivity index (χ1n) is 5.29. The lowest BCUT2D eigenvalue weighted by Gasteiger charge is -2.12. The van der Waals surface area contributed by atoms with Crippen molar-refractivity contribution >= 4 is 21.4 Å². The first kappa shape index (κ1) is 13.6. The third-order valence-corrected chi connectivity index (χ3v) is 4.63. The van der Waals surface area contributed by atoms with Gasteiger partial charge in [-0.1, -0.05) is 13.0 Å². The molecular formula is C10H18N2O2S2. The Hall–Kier alpha value is -0.430. The van der Waals surface area contributed by atoms with Crippen molar-refractivity contribution in [2.75, 3.05) is 18.8 Å². The maximum absolute atomic E-state index is 11.7. The highest BCUT2D eigenvalue weighted by atomic mass is 32.2. The third kappa shape index (κ3) is 4.61. The monoisotopic (exact) mass is 262 g/mol. The Kier molecular flexibility index (Phi) is 5.40. The number of sulfonamides is 1. The van der Waals surface area contributed by atoms with Crippen molar-refractivity contribution in [2.45, 2.75) is 19.9 Å². The summed E-state index contributed by atoms with van der Waals surface area (Å²) < 4.78 is 26.0. The number of hydrogen-bond acceptors (Lipinski definition) is 4. The second-order valence-electron chi connectivity index (χ2n) is 3.53. The molecule has 0 saturated carbocycles. The molecule has 1 heterocycles. The molecule has 1 rings (SSSR count). The van der Waals surface area contributed by atoms with Crippen molar-refractivity contribution in [3.05, 3.63) is 22.4 Å². The molecule has 0 bridgehead atoms. The Labute approximate surface area is 101 Å². The van der Waals surface area contributed by atoms with E-state index in [1.165, 1.54) is 0 Å². The van der Waals surface area contributed by atoms with Gasteiger partial charge in [-0.2, -0.15) is 0 Å². The number of nitrogens with one attached hydrogen (secondary N) is 2. The zero-order valence-corrected chi connectivity index (χ0v) is 11.2. The summed E-state index contributed by atoms with van der Waals surface area (Å²) in [5, 5.41) is 4.94. The molecule has 0 radical (unpaired) electrons. The summed E-state index contributed by atoms with van der Waals surface area (Å²) in [5.74, 6) is 0.122. The van der Waals surface area contributed by atoms with Crippen molar-refractivity contribution in [3.8, 4) is 0 Å². The van der Waals surface area contributed by atoms with Crippen molar-refractivity contribution in [3.63, 3.8) is 0 Å². The minimum Gasteiger partial charge on any atom is -0.316 e. The Morgan fingerprint density at radius 3 is 2.81 bits per heavy atom. The molecule has 1 aromatic heterocycles. The van der Waals surface area contributed by atoms with Crippen molar-refractivity contribution in [2.24, 2.45) is 0 Å².